The number of hydrogen-bond donors (Lipinski definition) is 1. The number of halogens is 1. The van der Waals surface area contributed by atoms with Crippen molar-refractivity contribution in [2.75, 3.05) is 29.9 Å². The van der Waals surface area contributed by atoms with Gasteiger partial charge in [-0.2, -0.15) is 0 Å². The highest BCUT2D eigenvalue weighted by molar-refractivity contribution is 6.30. The normalized spacial score (nSPS) is 10.4. The minimum absolute atomic E-state index is 0.790. The molecule has 2 aromatic rings. The SMILES string of the molecule is CCN(CC)c1ccc(NCCc2ccc(Cl)cc2)cc1. The van der Waals surface area contributed by atoms with Gasteiger partial charge in [0, 0.05) is 36.0 Å². The summed E-state index contributed by atoms with van der Waals surface area (Å²) in [5.41, 5.74) is 3.75. The summed E-state index contributed by atoms with van der Waals surface area (Å²) < 4.78 is 0. The lowest BCUT2D eigenvalue weighted by molar-refractivity contribution is 0.866. The molecule has 0 unspecified atom stereocenters. The largest absolute Gasteiger partial charge is 0.385 e. The molecular weight excluding hydrogens is 280 g/mol. The molecule has 0 saturated carbocycles. The van der Waals surface area contributed by atoms with Crippen LogP contribution >= 0.6 is 11.6 Å². The summed E-state index contributed by atoms with van der Waals surface area (Å²) in [7, 11) is 0. The van der Waals surface area contributed by atoms with Gasteiger partial charge in [0.05, 0.1) is 0 Å². The molecule has 0 radical (unpaired) electrons. The van der Waals surface area contributed by atoms with E-state index in [0.29, 0.717) is 0 Å². The lowest BCUT2D eigenvalue weighted by Crippen LogP contribution is -2.21. The van der Waals surface area contributed by atoms with E-state index in [1.54, 1.807) is 0 Å². The third-order valence-electron chi connectivity index (χ3n) is 3.65. The maximum Gasteiger partial charge on any atom is 0.0406 e. The number of benzene rings is 2. The third-order valence-corrected chi connectivity index (χ3v) is 3.90. The fourth-order valence-corrected chi connectivity index (χ4v) is 2.51. The molecule has 0 aliphatic heterocycles. The second-order valence-corrected chi connectivity index (χ2v) is 5.46. The minimum atomic E-state index is 0.790. The van der Waals surface area contributed by atoms with Gasteiger partial charge in [0.2, 0.25) is 0 Å². The van der Waals surface area contributed by atoms with E-state index in [0.717, 1.165) is 31.1 Å². The maximum absolute atomic E-state index is 5.89. The molecule has 0 spiro atoms. The predicted molar refractivity (Wildman–Crippen MR) is 93.6 cm³/mol. The first kappa shape index (κ1) is 15.7. The van der Waals surface area contributed by atoms with Crippen molar-refractivity contribution in [1.29, 1.82) is 0 Å². The van der Waals surface area contributed by atoms with Gasteiger partial charge in [-0.1, -0.05) is 23.7 Å². The summed E-state index contributed by atoms with van der Waals surface area (Å²) in [5, 5.41) is 4.25. The maximum atomic E-state index is 5.89. The van der Waals surface area contributed by atoms with Crippen molar-refractivity contribution in [1.82, 2.24) is 0 Å². The molecule has 21 heavy (non-hydrogen) atoms. The summed E-state index contributed by atoms with van der Waals surface area (Å²) in [6.07, 6.45) is 0.995. The highest BCUT2D eigenvalue weighted by Crippen LogP contribution is 2.17. The number of nitrogens with one attached hydrogen (secondary N) is 1. The Morgan fingerprint density at radius 2 is 1.52 bits per heavy atom. The molecule has 0 aliphatic carbocycles. The zero-order valence-corrected chi connectivity index (χ0v) is 13.5. The zero-order valence-electron chi connectivity index (χ0n) is 12.8. The van der Waals surface area contributed by atoms with E-state index in [-0.39, 0.29) is 0 Å². The highest BCUT2D eigenvalue weighted by atomic mass is 35.5. The summed E-state index contributed by atoms with van der Waals surface area (Å²) in [6, 6.07) is 16.7. The molecule has 2 nitrogen and oxygen atoms in total. The van der Waals surface area contributed by atoms with Gasteiger partial charge in [0.25, 0.3) is 0 Å². The molecule has 2 rings (SSSR count). The Balaban J connectivity index is 1.84. The fourth-order valence-electron chi connectivity index (χ4n) is 2.38. The molecule has 0 fully saturated rings. The molecule has 3 heteroatoms. The minimum Gasteiger partial charge on any atom is -0.385 e. The van der Waals surface area contributed by atoms with Crippen LogP contribution in [-0.2, 0) is 6.42 Å². The van der Waals surface area contributed by atoms with E-state index in [1.807, 2.05) is 12.1 Å². The Morgan fingerprint density at radius 3 is 2.10 bits per heavy atom. The Bertz CT molecular complexity index is 530. The van der Waals surface area contributed by atoms with Crippen LogP contribution in [0.4, 0.5) is 11.4 Å². The van der Waals surface area contributed by atoms with Crippen molar-refractivity contribution >= 4 is 23.0 Å². The van der Waals surface area contributed by atoms with E-state index in [9.17, 15) is 0 Å². The molecule has 0 heterocycles. The van der Waals surface area contributed by atoms with Crippen LogP contribution in [0.15, 0.2) is 48.5 Å². The van der Waals surface area contributed by atoms with Crippen LogP contribution in [-0.4, -0.2) is 19.6 Å². The Hall–Kier alpha value is -1.67. The van der Waals surface area contributed by atoms with Crippen LogP contribution in [0.1, 0.15) is 19.4 Å². The van der Waals surface area contributed by atoms with Crippen LogP contribution in [0, 0.1) is 0 Å². The molecule has 112 valence electrons. The average Bonchev–Trinajstić information content (AvgIpc) is 2.52. The highest BCUT2D eigenvalue weighted by Gasteiger charge is 2.01. The summed E-state index contributed by atoms with van der Waals surface area (Å²) in [5.74, 6) is 0. The first-order valence-corrected chi connectivity index (χ1v) is 7.94. The van der Waals surface area contributed by atoms with Gasteiger partial charge in [-0.15, -0.1) is 0 Å². The van der Waals surface area contributed by atoms with E-state index >= 15 is 0 Å². The monoisotopic (exact) mass is 302 g/mol. The van der Waals surface area contributed by atoms with Crippen molar-refractivity contribution in [2.24, 2.45) is 0 Å². The van der Waals surface area contributed by atoms with Gasteiger partial charge in [-0.05, 0) is 62.2 Å². The van der Waals surface area contributed by atoms with Gasteiger partial charge in [-0.25, -0.2) is 0 Å². The van der Waals surface area contributed by atoms with Crippen LogP contribution in [0.5, 0.6) is 0 Å². The first-order chi connectivity index (χ1) is 10.2. The van der Waals surface area contributed by atoms with Crippen molar-refractivity contribution in [3.8, 4) is 0 Å². The molecule has 0 bridgehead atoms. The second-order valence-electron chi connectivity index (χ2n) is 5.02. The number of anilines is 2. The van der Waals surface area contributed by atoms with Gasteiger partial charge in [0.1, 0.15) is 0 Å². The third kappa shape index (κ3) is 4.68. The number of hydrogen-bond acceptors (Lipinski definition) is 2. The predicted octanol–water partition coefficient (Wildman–Crippen LogP) is 4.84. The van der Waals surface area contributed by atoms with E-state index in [2.05, 4.69) is 60.5 Å². The summed E-state index contributed by atoms with van der Waals surface area (Å²) in [4.78, 5) is 2.34. The van der Waals surface area contributed by atoms with Crippen molar-refractivity contribution in [2.45, 2.75) is 20.3 Å². The Labute approximate surface area is 132 Å². The number of nitrogens with zero attached hydrogens (tertiary/aromatic N) is 1. The second kappa shape index (κ2) is 7.94. The Kier molecular flexibility index (Phi) is 5.94. The van der Waals surface area contributed by atoms with Crippen LogP contribution in [0.25, 0.3) is 0 Å². The lowest BCUT2D eigenvalue weighted by atomic mass is 10.1. The quantitative estimate of drug-likeness (QED) is 0.787. The Morgan fingerprint density at radius 1 is 0.905 bits per heavy atom. The van der Waals surface area contributed by atoms with Gasteiger partial charge < -0.3 is 10.2 Å². The van der Waals surface area contributed by atoms with Crippen LogP contribution < -0.4 is 10.2 Å². The van der Waals surface area contributed by atoms with Gasteiger partial charge in [0.15, 0.2) is 0 Å². The van der Waals surface area contributed by atoms with Crippen molar-refractivity contribution in [3.05, 3.63) is 59.1 Å². The van der Waals surface area contributed by atoms with E-state index in [1.165, 1.54) is 16.9 Å². The molecule has 0 atom stereocenters. The standard InChI is InChI=1S/C18H23ClN2/c1-3-21(4-2)18-11-9-17(10-12-18)20-14-13-15-5-7-16(19)8-6-15/h5-12,20H,3-4,13-14H2,1-2H3. The molecule has 0 aliphatic rings. The van der Waals surface area contributed by atoms with Gasteiger partial charge in [-0.3, -0.25) is 0 Å². The topological polar surface area (TPSA) is 15.3 Å². The molecule has 0 amide bonds. The number of rotatable bonds is 7. The molecule has 0 aromatic heterocycles. The first-order valence-electron chi connectivity index (χ1n) is 7.56. The molecule has 0 saturated heterocycles. The van der Waals surface area contributed by atoms with Crippen LogP contribution in [0.2, 0.25) is 5.02 Å². The van der Waals surface area contributed by atoms with E-state index in [4.69, 9.17) is 11.6 Å². The van der Waals surface area contributed by atoms with Crippen LogP contribution in [0.3, 0.4) is 0 Å². The van der Waals surface area contributed by atoms with Gasteiger partial charge >= 0.3 is 0 Å². The van der Waals surface area contributed by atoms with Crippen molar-refractivity contribution in [3.63, 3.8) is 0 Å². The summed E-state index contributed by atoms with van der Waals surface area (Å²) in [6.45, 7) is 7.37. The molecule has 1 N–H and O–H groups in total. The smallest absolute Gasteiger partial charge is 0.0406 e. The van der Waals surface area contributed by atoms with E-state index < -0.39 is 0 Å². The molecular formula is C18H23ClN2. The zero-order chi connectivity index (χ0) is 15.1. The van der Waals surface area contributed by atoms with Crippen molar-refractivity contribution < 1.29 is 0 Å². The summed E-state index contributed by atoms with van der Waals surface area (Å²) >= 11 is 5.89. The molecule has 2 aromatic carbocycles. The lowest BCUT2D eigenvalue weighted by Gasteiger charge is -2.21. The average molecular weight is 303 g/mol. The fraction of sp³-hybridized carbons (Fsp3) is 0.333.